The van der Waals surface area contributed by atoms with Gasteiger partial charge in [-0.15, -0.1) is 0 Å². The van der Waals surface area contributed by atoms with Crippen LogP contribution in [0.4, 0.5) is 0 Å². The van der Waals surface area contributed by atoms with E-state index in [9.17, 15) is 8.42 Å². The van der Waals surface area contributed by atoms with Crippen LogP contribution in [-0.2, 0) is 10.1 Å². The molecule has 0 spiro atoms. The topological polar surface area (TPSA) is 63.6 Å². The van der Waals surface area contributed by atoms with Crippen LogP contribution in [0.15, 0.2) is 17.0 Å². The zero-order chi connectivity index (χ0) is 11.6. The average Bonchev–Trinajstić information content (AvgIpc) is 2.07. The van der Waals surface area contributed by atoms with Gasteiger partial charge in [-0.1, -0.05) is 11.5 Å². The van der Waals surface area contributed by atoms with E-state index in [0.717, 1.165) is 5.56 Å². The Morgan fingerprint density at radius 3 is 2.53 bits per heavy atom. The van der Waals surface area contributed by atoms with E-state index < -0.39 is 10.1 Å². The van der Waals surface area contributed by atoms with Gasteiger partial charge in [0, 0.05) is 6.07 Å². The molecule has 0 amide bonds. The highest BCUT2D eigenvalue weighted by Crippen LogP contribution is 2.20. The second-order valence-electron chi connectivity index (χ2n) is 3.06. The second-order valence-corrected chi connectivity index (χ2v) is 4.45. The van der Waals surface area contributed by atoms with Crippen LogP contribution in [0.1, 0.15) is 12.5 Å². The van der Waals surface area contributed by atoms with E-state index in [1.807, 2.05) is 0 Å². The third-order valence-electron chi connectivity index (χ3n) is 1.89. The summed E-state index contributed by atoms with van der Waals surface area (Å²) in [6.45, 7) is 3.94. The van der Waals surface area contributed by atoms with Gasteiger partial charge in [0.1, 0.15) is 13.6 Å². The minimum Gasteiger partial charge on any atom is -0.494 e. The van der Waals surface area contributed by atoms with E-state index >= 15 is 0 Å². The normalized spacial score (nSPS) is 11.4. The molecule has 0 fully saturated rings. The number of hydrogen-bond acceptors (Lipinski definition) is 3. The molecule has 2 radical (unpaired) electrons. The van der Waals surface area contributed by atoms with Crippen LogP contribution >= 0.6 is 0 Å². The summed E-state index contributed by atoms with van der Waals surface area (Å²) in [6, 6.07) is 2.68. The molecule has 1 aromatic carbocycles. The number of aryl methyl sites for hydroxylation is 1. The summed E-state index contributed by atoms with van der Waals surface area (Å²) in [5.41, 5.74) is 0.736. The van der Waals surface area contributed by atoms with Gasteiger partial charge in [0.2, 0.25) is 0 Å². The molecule has 6 heteroatoms. The van der Waals surface area contributed by atoms with Crippen molar-refractivity contribution in [3.8, 4) is 5.75 Å². The first-order valence-electron chi connectivity index (χ1n) is 4.36. The Labute approximate surface area is 90.4 Å². The minimum atomic E-state index is -4.30. The van der Waals surface area contributed by atoms with Gasteiger partial charge in [-0.25, -0.2) is 0 Å². The van der Waals surface area contributed by atoms with Gasteiger partial charge in [-0.3, -0.25) is 4.55 Å². The fraction of sp³-hybridized carbons (Fsp3) is 0.333. The third kappa shape index (κ3) is 2.73. The summed E-state index contributed by atoms with van der Waals surface area (Å²) < 4.78 is 36.0. The van der Waals surface area contributed by atoms with E-state index in [4.69, 9.17) is 17.1 Å². The quantitative estimate of drug-likeness (QED) is 0.599. The lowest BCUT2D eigenvalue weighted by atomic mass is 9.94. The minimum absolute atomic E-state index is 0.0125. The van der Waals surface area contributed by atoms with Crippen LogP contribution in [0.3, 0.4) is 0 Å². The maximum Gasteiger partial charge on any atom is 0.294 e. The molecule has 0 aliphatic heterocycles. The molecule has 4 nitrogen and oxygen atoms in total. The lowest BCUT2D eigenvalue weighted by Crippen LogP contribution is -2.16. The van der Waals surface area contributed by atoms with Gasteiger partial charge in [-0.2, -0.15) is 8.42 Å². The van der Waals surface area contributed by atoms with Gasteiger partial charge < -0.3 is 4.74 Å². The Balaban J connectivity index is 3.36. The molecule has 0 unspecified atom stereocenters. The molecular weight excluding hydrogens is 215 g/mol. The molecule has 0 atom stereocenters. The molecule has 15 heavy (non-hydrogen) atoms. The molecule has 0 bridgehead atoms. The monoisotopic (exact) mass is 226 g/mol. The second kappa shape index (κ2) is 4.24. The molecule has 1 aromatic rings. The SMILES string of the molecule is [B]c1cc(C)c(OCC)cc1S(=O)(=O)O. The van der Waals surface area contributed by atoms with E-state index in [-0.39, 0.29) is 10.4 Å². The van der Waals surface area contributed by atoms with Crippen molar-refractivity contribution in [3.63, 3.8) is 0 Å². The summed E-state index contributed by atoms with van der Waals surface area (Å²) in [6.07, 6.45) is 0. The van der Waals surface area contributed by atoms with Crippen molar-refractivity contribution < 1.29 is 17.7 Å². The van der Waals surface area contributed by atoms with Crippen molar-refractivity contribution in [2.45, 2.75) is 18.7 Å². The van der Waals surface area contributed by atoms with Gasteiger partial charge in [0.25, 0.3) is 10.1 Å². The molecule has 80 valence electrons. The Hall–Kier alpha value is -1.01. The molecule has 0 aliphatic rings. The lowest BCUT2D eigenvalue weighted by Gasteiger charge is -2.10. The van der Waals surface area contributed by atoms with Crippen molar-refractivity contribution in [1.82, 2.24) is 0 Å². The predicted molar refractivity (Wildman–Crippen MR) is 57.6 cm³/mol. The van der Waals surface area contributed by atoms with Gasteiger partial charge in [-0.05, 0) is 19.4 Å². The fourth-order valence-electron chi connectivity index (χ4n) is 1.23. The first kappa shape index (κ1) is 12.1. The Bertz CT molecular complexity index is 467. The molecule has 0 aromatic heterocycles. The third-order valence-corrected chi connectivity index (χ3v) is 2.79. The van der Waals surface area contributed by atoms with Crippen molar-refractivity contribution in [1.29, 1.82) is 0 Å². The largest absolute Gasteiger partial charge is 0.494 e. The fourth-order valence-corrected chi connectivity index (χ4v) is 1.84. The highest BCUT2D eigenvalue weighted by atomic mass is 32.2. The van der Waals surface area contributed by atoms with E-state index in [2.05, 4.69) is 0 Å². The Kier molecular flexibility index (Phi) is 3.41. The zero-order valence-electron chi connectivity index (χ0n) is 8.52. The number of rotatable bonds is 3. The Morgan fingerprint density at radius 1 is 1.47 bits per heavy atom. The summed E-state index contributed by atoms with van der Waals surface area (Å²) in [4.78, 5) is -0.323. The summed E-state index contributed by atoms with van der Waals surface area (Å²) in [7, 11) is 1.18. The van der Waals surface area contributed by atoms with Crippen LogP contribution in [0.5, 0.6) is 5.75 Å². The molecule has 0 saturated heterocycles. The van der Waals surface area contributed by atoms with Crippen molar-refractivity contribution in [2.75, 3.05) is 6.61 Å². The lowest BCUT2D eigenvalue weighted by molar-refractivity contribution is 0.337. The smallest absolute Gasteiger partial charge is 0.294 e. The van der Waals surface area contributed by atoms with Crippen molar-refractivity contribution in [2.24, 2.45) is 0 Å². The molecule has 1 rings (SSSR count). The van der Waals surface area contributed by atoms with Crippen LogP contribution < -0.4 is 10.2 Å². The maximum absolute atomic E-state index is 10.9. The molecule has 1 N–H and O–H groups in total. The Morgan fingerprint density at radius 2 is 2.07 bits per heavy atom. The van der Waals surface area contributed by atoms with Crippen LogP contribution in [0.2, 0.25) is 0 Å². The van der Waals surface area contributed by atoms with Crippen LogP contribution in [0.25, 0.3) is 0 Å². The van der Waals surface area contributed by atoms with Gasteiger partial charge >= 0.3 is 0 Å². The van der Waals surface area contributed by atoms with Gasteiger partial charge in [0.15, 0.2) is 0 Å². The molecule has 0 heterocycles. The maximum atomic E-state index is 10.9. The van der Waals surface area contributed by atoms with Crippen molar-refractivity contribution >= 4 is 23.4 Å². The summed E-state index contributed by atoms with van der Waals surface area (Å²) in [5.74, 6) is 0.402. The van der Waals surface area contributed by atoms with Crippen LogP contribution in [0, 0.1) is 6.92 Å². The summed E-state index contributed by atoms with van der Waals surface area (Å²) in [5, 5.41) is 0. The average molecular weight is 226 g/mol. The van der Waals surface area contributed by atoms with Crippen LogP contribution in [-0.4, -0.2) is 27.4 Å². The molecule has 0 aliphatic carbocycles. The number of hydrogen-bond donors (Lipinski definition) is 1. The highest BCUT2D eigenvalue weighted by Gasteiger charge is 2.15. The first-order chi connectivity index (χ1) is 6.86. The predicted octanol–water partition coefficient (Wildman–Crippen LogP) is 0.434. The van der Waals surface area contributed by atoms with E-state index in [1.54, 1.807) is 13.8 Å². The molecule has 0 saturated carbocycles. The van der Waals surface area contributed by atoms with Crippen molar-refractivity contribution in [3.05, 3.63) is 17.7 Å². The standard InChI is InChI=1S/C9H11BO4S/c1-3-14-8-5-9(15(11,12)13)7(10)4-6(8)2/h4-5H,3H2,1-2H3,(H,11,12,13). The van der Waals surface area contributed by atoms with E-state index in [1.165, 1.54) is 12.1 Å². The molecular formula is C9H11BO4S. The zero-order valence-corrected chi connectivity index (χ0v) is 9.34. The first-order valence-corrected chi connectivity index (χ1v) is 5.80. The van der Waals surface area contributed by atoms with E-state index in [0.29, 0.717) is 12.4 Å². The highest BCUT2D eigenvalue weighted by molar-refractivity contribution is 7.86. The van der Waals surface area contributed by atoms with Gasteiger partial charge in [0.05, 0.1) is 11.5 Å². The summed E-state index contributed by atoms with van der Waals surface area (Å²) >= 11 is 0. The number of benzene rings is 1. The number of ether oxygens (including phenoxy) is 1.